The zero-order chi connectivity index (χ0) is 16.0. The van der Waals surface area contributed by atoms with E-state index in [0.29, 0.717) is 12.8 Å². The molecule has 1 aromatic carbocycles. The molecule has 1 rings (SSSR count). The van der Waals surface area contributed by atoms with Crippen LogP contribution in [0.1, 0.15) is 19.8 Å². The zero-order valence-electron chi connectivity index (χ0n) is 11.3. The molecule has 0 bridgehead atoms. The summed E-state index contributed by atoms with van der Waals surface area (Å²) in [5.74, 6) is -0.808. The molecule has 0 fully saturated rings. The molecular formula is C12H15ClFNO5S. The third-order valence-electron chi connectivity index (χ3n) is 2.85. The van der Waals surface area contributed by atoms with Crippen LogP contribution in [0.3, 0.4) is 0 Å². The maximum atomic E-state index is 13.3. The summed E-state index contributed by atoms with van der Waals surface area (Å²) < 4.78 is 40.2. The lowest BCUT2D eigenvalue weighted by atomic mass is 10.1. The Bertz CT molecular complexity index is 608. The Balaban J connectivity index is 2.42. The van der Waals surface area contributed by atoms with Gasteiger partial charge in [0.15, 0.2) is 0 Å². The van der Waals surface area contributed by atoms with Crippen LogP contribution in [0.2, 0.25) is 0 Å². The molecule has 6 nitrogen and oxygen atoms in total. The molecule has 1 unspecified atom stereocenters. The Morgan fingerprint density at radius 1 is 1.43 bits per heavy atom. The van der Waals surface area contributed by atoms with Crippen molar-refractivity contribution in [3.63, 3.8) is 0 Å². The molecule has 0 aliphatic rings. The van der Waals surface area contributed by atoms with E-state index < -0.39 is 25.5 Å². The highest BCUT2D eigenvalue weighted by atomic mass is 35.7. The van der Waals surface area contributed by atoms with Crippen LogP contribution in [0.5, 0.6) is 5.75 Å². The number of nitro benzene ring substituents is 1. The second-order valence-corrected chi connectivity index (χ2v) is 7.54. The molecule has 0 N–H and O–H groups in total. The molecule has 0 aliphatic heterocycles. The van der Waals surface area contributed by atoms with E-state index in [1.807, 2.05) is 6.92 Å². The van der Waals surface area contributed by atoms with E-state index in [2.05, 4.69) is 0 Å². The molecule has 0 saturated heterocycles. The Morgan fingerprint density at radius 3 is 2.62 bits per heavy atom. The quantitative estimate of drug-likeness (QED) is 0.412. The number of nitrogens with zero attached hydrogens (tertiary/aromatic N) is 1. The third kappa shape index (κ3) is 6.72. The molecule has 9 heteroatoms. The second-order valence-electron chi connectivity index (χ2n) is 4.64. The maximum Gasteiger partial charge on any atom is 0.305 e. The van der Waals surface area contributed by atoms with Crippen molar-refractivity contribution in [3.05, 3.63) is 34.1 Å². The van der Waals surface area contributed by atoms with Gasteiger partial charge in [0.05, 0.1) is 17.3 Å². The lowest BCUT2D eigenvalue weighted by Crippen LogP contribution is -2.08. The van der Waals surface area contributed by atoms with Gasteiger partial charge in [0.1, 0.15) is 5.75 Å². The fourth-order valence-electron chi connectivity index (χ4n) is 1.59. The van der Waals surface area contributed by atoms with E-state index in [1.165, 1.54) is 6.07 Å². The molecule has 0 amide bonds. The lowest BCUT2D eigenvalue weighted by molar-refractivity contribution is -0.387. The standard InChI is InChI=1S/C12H15ClFNO5S/c1-9(5-7-21(13,18)19)4-6-20-10-2-3-12(15(16)17)11(14)8-10/h2-3,8-9H,4-7H2,1H3. The second kappa shape index (κ2) is 7.56. The first kappa shape index (κ1) is 17.6. The van der Waals surface area contributed by atoms with E-state index >= 15 is 0 Å². The van der Waals surface area contributed by atoms with Crippen molar-refractivity contribution in [1.29, 1.82) is 0 Å². The maximum absolute atomic E-state index is 13.3. The van der Waals surface area contributed by atoms with Gasteiger partial charge in [-0.2, -0.15) is 4.39 Å². The van der Waals surface area contributed by atoms with Crippen LogP contribution in [0.15, 0.2) is 18.2 Å². The number of hydrogen-bond donors (Lipinski definition) is 0. The monoisotopic (exact) mass is 339 g/mol. The Labute approximate surface area is 126 Å². The number of hydrogen-bond acceptors (Lipinski definition) is 5. The SMILES string of the molecule is CC(CCOc1ccc([N+](=O)[O-])c(F)c1)CCS(=O)(=O)Cl. The van der Waals surface area contributed by atoms with E-state index in [-0.39, 0.29) is 24.0 Å². The van der Waals surface area contributed by atoms with Crippen molar-refractivity contribution < 1.29 is 22.5 Å². The molecule has 0 aliphatic carbocycles. The fraction of sp³-hybridized carbons (Fsp3) is 0.500. The van der Waals surface area contributed by atoms with Gasteiger partial charge in [-0.1, -0.05) is 6.92 Å². The third-order valence-corrected chi connectivity index (χ3v) is 4.04. The molecule has 21 heavy (non-hydrogen) atoms. The number of halogens is 2. The van der Waals surface area contributed by atoms with Gasteiger partial charge in [-0.25, -0.2) is 8.42 Å². The molecule has 0 aromatic heterocycles. The van der Waals surface area contributed by atoms with Gasteiger partial charge in [0, 0.05) is 22.8 Å². The Hall–Kier alpha value is -1.41. The molecule has 1 atom stereocenters. The van der Waals surface area contributed by atoms with Crippen LogP contribution in [0.25, 0.3) is 0 Å². The summed E-state index contributed by atoms with van der Waals surface area (Å²) in [5, 5.41) is 10.5. The number of rotatable bonds is 8. The van der Waals surface area contributed by atoms with Gasteiger partial charge in [0.25, 0.3) is 0 Å². The largest absolute Gasteiger partial charge is 0.493 e. The Kier molecular flexibility index (Phi) is 6.35. The summed E-state index contributed by atoms with van der Waals surface area (Å²) in [5.41, 5.74) is -0.608. The van der Waals surface area contributed by atoms with Crippen molar-refractivity contribution in [2.45, 2.75) is 19.8 Å². The van der Waals surface area contributed by atoms with Gasteiger partial charge < -0.3 is 4.74 Å². The van der Waals surface area contributed by atoms with Crippen molar-refractivity contribution in [2.75, 3.05) is 12.4 Å². The van der Waals surface area contributed by atoms with Crippen LogP contribution in [0.4, 0.5) is 10.1 Å². The first-order valence-electron chi connectivity index (χ1n) is 6.18. The summed E-state index contributed by atoms with van der Waals surface area (Å²) in [6, 6.07) is 3.30. The van der Waals surface area contributed by atoms with Crippen LogP contribution in [-0.2, 0) is 9.05 Å². The average Bonchev–Trinajstić information content (AvgIpc) is 2.35. The number of ether oxygens (including phenoxy) is 1. The minimum Gasteiger partial charge on any atom is -0.493 e. The number of benzene rings is 1. The molecule has 0 heterocycles. The van der Waals surface area contributed by atoms with E-state index in [1.54, 1.807) is 0 Å². The minimum atomic E-state index is -3.50. The first-order valence-corrected chi connectivity index (χ1v) is 8.66. The highest BCUT2D eigenvalue weighted by molar-refractivity contribution is 8.13. The van der Waals surface area contributed by atoms with E-state index in [0.717, 1.165) is 12.1 Å². The summed E-state index contributed by atoms with van der Waals surface area (Å²) >= 11 is 0. The van der Waals surface area contributed by atoms with Gasteiger partial charge >= 0.3 is 5.69 Å². The predicted octanol–water partition coefficient (Wildman–Crippen LogP) is 3.10. The lowest BCUT2D eigenvalue weighted by Gasteiger charge is -2.11. The first-order chi connectivity index (χ1) is 9.69. The van der Waals surface area contributed by atoms with Gasteiger partial charge in [-0.3, -0.25) is 10.1 Å². The predicted molar refractivity (Wildman–Crippen MR) is 76.6 cm³/mol. The highest BCUT2D eigenvalue weighted by Crippen LogP contribution is 2.22. The van der Waals surface area contributed by atoms with Gasteiger partial charge in [0.2, 0.25) is 14.9 Å². The van der Waals surface area contributed by atoms with E-state index in [9.17, 15) is 22.9 Å². The highest BCUT2D eigenvalue weighted by Gasteiger charge is 2.14. The molecular weight excluding hydrogens is 325 g/mol. The fourth-order valence-corrected chi connectivity index (χ4v) is 2.54. The van der Waals surface area contributed by atoms with Crippen LogP contribution in [0, 0.1) is 21.8 Å². The van der Waals surface area contributed by atoms with Crippen LogP contribution >= 0.6 is 10.7 Å². The smallest absolute Gasteiger partial charge is 0.305 e. The van der Waals surface area contributed by atoms with Gasteiger partial charge in [-0.05, 0) is 24.8 Å². The van der Waals surface area contributed by atoms with Crippen molar-refractivity contribution in [2.24, 2.45) is 5.92 Å². The summed E-state index contributed by atoms with van der Waals surface area (Å²) in [7, 11) is 1.61. The van der Waals surface area contributed by atoms with Crippen LogP contribution < -0.4 is 4.74 Å². The van der Waals surface area contributed by atoms with Crippen molar-refractivity contribution >= 4 is 25.4 Å². The molecule has 1 aromatic rings. The summed E-state index contributed by atoms with van der Waals surface area (Å²) in [6.45, 7) is 2.10. The minimum absolute atomic E-state index is 0.0708. The number of nitro groups is 1. The molecule has 0 saturated carbocycles. The molecule has 0 spiro atoms. The topological polar surface area (TPSA) is 86.5 Å². The molecule has 118 valence electrons. The van der Waals surface area contributed by atoms with Gasteiger partial charge in [-0.15, -0.1) is 0 Å². The summed E-state index contributed by atoms with van der Waals surface area (Å²) in [4.78, 5) is 9.64. The normalized spacial score (nSPS) is 12.9. The van der Waals surface area contributed by atoms with Crippen molar-refractivity contribution in [1.82, 2.24) is 0 Å². The van der Waals surface area contributed by atoms with Crippen LogP contribution in [-0.4, -0.2) is 25.7 Å². The molecule has 0 radical (unpaired) electrons. The average molecular weight is 340 g/mol. The van der Waals surface area contributed by atoms with E-state index in [4.69, 9.17) is 15.4 Å². The van der Waals surface area contributed by atoms with Crippen molar-refractivity contribution in [3.8, 4) is 5.75 Å². The zero-order valence-corrected chi connectivity index (χ0v) is 12.9. The summed E-state index contributed by atoms with van der Waals surface area (Å²) in [6.07, 6.45) is 0.967. The Morgan fingerprint density at radius 2 is 2.10 bits per heavy atom.